The number of fused-ring (bicyclic) bond motifs is 1. The lowest BCUT2D eigenvalue weighted by atomic mass is 10.2. The summed E-state index contributed by atoms with van der Waals surface area (Å²) >= 11 is 7.38. The van der Waals surface area contributed by atoms with E-state index >= 15 is 0 Å². The summed E-state index contributed by atoms with van der Waals surface area (Å²) in [4.78, 5) is 18.3. The number of aryl methyl sites for hydroxylation is 2. The Kier molecular flexibility index (Phi) is 4.67. The topological polar surface area (TPSA) is 88.5 Å². The van der Waals surface area contributed by atoms with E-state index < -0.39 is 0 Å². The average Bonchev–Trinajstić information content (AvgIpc) is 3.33. The molecule has 1 amide bonds. The van der Waals surface area contributed by atoms with Crippen molar-refractivity contribution in [3.05, 3.63) is 63.1 Å². The zero-order valence-corrected chi connectivity index (χ0v) is 16.4. The normalized spacial score (nSPS) is 11.2. The molecule has 0 radical (unpaired) electrons. The van der Waals surface area contributed by atoms with Crippen LogP contribution in [0.3, 0.4) is 0 Å². The first kappa shape index (κ1) is 17.7. The van der Waals surface area contributed by atoms with Gasteiger partial charge in [0.1, 0.15) is 10.7 Å². The predicted molar refractivity (Wildman–Crippen MR) is 105 cm³/mol. The number of nitrogens with one attached hydrogen (secondary N) is 2. The van der Waals surface area contributed by atoms with Crippen molar-refractivity contribution >= 4 is 39.1 Å². The SMILES string of the molecule is Cc1nc(CNC(=O)c2cc3c(C)nn(Cc4ccc(Cl)cc4)c3s2)n[nH]1. The van der Waals surface area contributed by atoms with Gasteiger partial charge in [0.2, 0.25) is 0 Å². The summed E-state index contributed by atoms with van der Waals surface area (Å²) in [5.74, 6) is 1.14. The van der Waals surface area contributed by atoms with Crippen LogP contribution in [-0.4, -0.2) is 30.9 Å². The van der Waals surface area contributed by atoms with Crippen molar-refractivity contribution in [2.24, 2.45) is 0 Å². The Morgan fingerprint density at radius 1 is 1.30 bits per heavy atom. The molecule has 0 aliphatic rings. The van der Waals surface area contributed by atoms with Crippen LogP contribution in [0.2, 0.25) is 5.02 Å². The number of carbonyl (C=O) groups excluding carboxylic acids is 1. The first-order chi connectivity index (χ1) is 13.0. The molecule has 7 nitrogen and oxygen atoms in total. The maximum absolute atomic E-state index is 12.5. The van der Waals surface area contributed by atoms with E-state index in [1.54, 1.807) is 0 Å². The Bertz CT molecular complexity index is 1110. The van der Waals surface area contributed by atoms with E-state index in [0.717, 1.165) is 27.3 Å². The summed E-state index contributed by atoms with van der Waals surface area (Å²) in [6.45, 7) is 4.68. The van der Waals surface area contributed by atoms with E-state index in [2.05, 4.69) is 25.6 Å². The Labute approximate surface area is 164 Å². The van der Waals surface area contributed by atoms with Crippen LogP contribution in [0.15, 0.2) is 30.3 Å². The first-order valence-corrected chi connectivity index (χ1v) is 9.56. The molecule has 0 aliphatic heterocycles. The van der Waals surface area contributed by atoms with E-state index in [1.807, 2.05) is 48.9 Å². The Hall–Kier alpha value is -2.71. The van der Waals surface area contributed by atoms with Crippen LogP contribution in [0.4, 0.5) is 0 Å². The minimum Gasteiger partial charge on any atom is -0.344 e. The number of nitrogens with zero attached hydrogens (tertiary/aromatic N) is 4. The molecular weight excluding hydrogens is 384 g/mol. The molecule has 3 aromatic heterocycles. The molecule has 0 fully saturated rings. The number of H-pyrrole nitrogens is 1. The van der Waals surface area contributed by atoms with Gasteiger partial charge in [-0.2, -0.15) is 10.2 Å². The van der Waals surface area contributed by atoms with Gasteiger partial charge in [0.15, 0.2) is 5.82 Å². The standard InChI is InChI=1S/C18H17ClN6OS/c1-10-14-7-15(17(26)20-8-16-21-11(2)22-23-16)27-18(14)25(24-10)9-12-3-5-13(19)6-4-12/h3-7H,8-9H2,1-2H3,(H,20,26)(H,21,22,23). The number of aromatic amines is 1. The molecule has 138 valence electrons. The van der Waals surface area contributed by atoms with Gasteiger partial charge in [0, 0.05) is 10.4 Å². The molecule has 0 spiro atoms. The van der Waals surface area contributed by atoms with Gasteiger partial charge < -0.3 is 5.32 Å². The zero-order chi connectivity index (χ0) is 19.0. The molecule has 0 aliphatic carbocycles. The third-order valence-electron chi connectivity index (χ3n) is 4.13. The minimum absolute atomic E-state index is 0.143. The number of amides is 1. The highest BCUT2D eigenvalue weighted by molar-refractivity contribution is 7.20. The van der Waals surface area contributed by atoms with Crippen molar-refractivity contribution in [3.63, 3.8) is 0 Å². The van der Waals surface area contributed by atoms with Crippen LogP contribution in [0.1, 0.15) is 32.6 Å². The number of carbonyl (C=O) groups is 1. The number of hydrogen-bond acceptors (Lipinski definition) is 5. The van der Waals surface area contributed by atoms with Crippen molar-refractivity contribution in [1.29, 1.82) is 0 Å². The second kappa shape index (κ2) is 7.13. The van der Waals surface area contributed by atoms with Crippen molar-refractivity contribution < 1.29 is 4.79 Å². The van der Waals surface area contributed by atoms with Gasteiger partial charge in [0.05, 0.1) is 23.7 Å². The maximum atomic E-state index is 12.5. The van der Waals surface area contributed by atoms with Crippen molar-refractivity contribution in [2.45, 2.75) is 26.9 Å². The third kappa shape index (κ3) is 3.72. The highest BCUT2D eigenvalue weighted by Gasteiger charge is 2.17. The quantitative estimate of drug-likeness (QED) is 0.537. The molecule has 0 unspecified atom stereocenters. The number of rotatable bonds is 5. The van der Waals surface area contributed by atoms with Gasteiger partial charge in [0.25, 0.3) is 5.91 Å². The molecule has 0 bridgehead atoms. The Morgan fingerprint density at radius 2 is 2.07 bits per heavy atom. The van der Waals surface area contributed by atoms with Crippen LogP contribution >= 0.6 is 22.9 Å². The molecular formula is C18H17ClN6OS. The summed E-state index contributed by atoms with van der Waals surface area (Å²) in [7, 11) is 0. The van der Waals surface area contributed by atoms with Crippen LogP contribution in [0.5, 0.6) is 0 Å². The van der Waals surface area contributed by atoms with Crippen molar-refractivity contribution in [2.75, 3.05) is 0 Å². The molecule has 27 heavy (non-hydrogen) atoms. The average molecular weight is 401 g/mol. The molecule has 1 aromatic carbocycles. The summed E-state index contributed by atoms with van der Waals surface area (Å²) in [6, 6.07) is 9.57. The number of thiophene rings is 1. The van der Waals surface area contributed by atoms with Crippen molar-refractivity contribution in [1.82, 2.24) is 30.3 Å². The highest BCUT2D eigenvalue weighted by Crippen LogP contribution is 2.29. The van der Waals surface area contributed by atoms with Gasteiger partial charge in [-0.05, 0) is 37.6 Å². The fraction of sp³-hybridized carbons (Fsp3) is 0.222. The van der Waals surface area contributed by atoms with Crippen LogP contribution < -0.4 is 5.32 Å². The fourth-order valence-electron chi connectivity index (χ4n) is 2.81. The van der Waals surface area contributed by atoms with E-state index in [1.165, 1.54) is 11.3 Å². The summed E-state index contributed by atoms with van der Waals surface area (Å²) in [5.41, 5.74) is 2.00. The smallest absolute Gasteiger partial charge is 0.261 e. The van der Waals surface area contributed by atoms with E-state index in [-0.39, 0.29) is 12.5 Å². The summed E-state index contributed by atoms with van der Waals surface area (Å²) < 4.78 is 1.92. The number of hydrogen-bond donors (Lipinski definition) is 2. The molecule has 4 aromatic rings. The molecule has 0 saturated carbocycles. The molecule has 2 N–H and O–H groups in total. The second-order valence-corrected chi connectivity index (χ2v) is 7.69. The lowest BCUT2D eigenvalue weighted by molar-refractivity contribution is 0.0954. The Balaban J connectivity index is 1.54. The third-order valence-corrected chi connectivity index (χ3v) is 5.53. The van der Waals surface area contributed by atoms with Gasteiger partial charge in [-0.15, -0.1) is 11.3 Å². The predicted octanol–water partition coefficient (Wildman–Crippen LogP) is 3.46. The second-order valence-electron chi connectivity index (χ2n) is 6.22. The monoisotopic (exact) mass is 400 g/mol. The zero-order valence-electron chi connectivity index (χ0n) is 14.8. The molecule has 0 saturated heterocycles. The number of benzene rings is 1. The number of halogens is 1. The molecule has 9 heteroatoms. The first-order valence-electron chi connectivity index (χ1n) is 8.37. The van der Waals surface area contributed by atoms with E-state index in [0.29, 0.717) is 22.3 Å². The lowest BCUT2D eigenvalue weighted by Crippen LogP contribution is -2.22. The fourth-order valence-corrected chi connectivity index (χ4v) is 4.01. The minimum atomic E-state index is -0.143. The van der Waals surface area contributed by atoms with E-state index in [4.69, 9.17) is 11.6 Å². The highest BCUT2D eigenvalue weighted by atomic mass is 35.5. The molecule has 4 rings (SSSR count). The molecule has 3 heterocycles. The largest absolute Gasteiger partial charge is 0.344 e. The van der Waals surface area contributed by atoms with Crippen LogP contribution in [-0.2, 0) is 13.1 Å². The Morgan fingerprint density at radius 3 is 2.78 bits per heavy atom. The molecule has 0 atom stereocenters. The van der Waals surface area contributed by atoms with E-state index in [9.17, 15) is 4.79 Å². The number of aromatic nitrogens is 5. The van der Waals surface area contributed by atoms with Crippen LogP contribution in [0.25, 0.3) is 10.2 Å². The van der Waals surface area contributed by atoms with Gasteiger partial charge >= 0.3 is 0 Å². The summed E-state index contributed by atoms with van der Waals surface area (Å²) in [6.07, 6.45) is 0. The van der Waals surface area contributed by atoms with Crippen LogP contribution in [0, 0.1) is 13.8 Å². The maximum Gasteiger partial charge on any atom is 0.261 e. The van der Waals surface area contributed by atoms with Gasteiger partial charge in [-0.1, -0.05) is 23.7 Å². The van der Waals surface area contributed by atoms with Gasteiger partial charge in [-0.25, -0.2) is 4.98 Å². The van der Waals surface area contributed by atoms with Crippen molar-refractivity contribution in [3.8, 4) is 0 Å². The lowest BCUT2D eigenvalue weighted by Gasteiger charge is -2.03. The summed E-state index contributed by atoms with van der Waals surface area (Å²) in [5, 5.41) is 15.9. The van der Waals surface area contributed by atoms with Gasteiger partial charge in [-0.3, -0.25) is 14.6 Å².